The second-order valence-corrected chi connectivity index (χ2v) is 9.66. The van der Waals surface area contributed by atoms with E-state index in [-0.39, 0.29) is 17.7 Å². The fourth-order valence-corrected chi connectivity index (χ4v) is 5.86. The smallest absolute Gasteiger partial charge is 0.253 e. The molecule has 0 spiro atoms. The van der Waals surface area contributed by atoms with E-state index in [1.54, 1.807) is 24.7 Å². The summed E-state index contributed by atoms with van der Waals surface area (Å²) < 4.78 is 14.0. The molecule has 0 N–H and O–H groups in total. The Bertz CT molecular complexity index is 1500. The number of aromatic nitrogens is 3. The minimum Gasteiger partial charge on any atom is -0.497 e. The number of amides is 1. The van der Waals surface area contributed by atoms with Gasteiger partial charge in [0.25, 0.3) is 5.91 Å². The molecule has 5 aromatic rings. The zero-order valence-corrected chi connectivity index (χ0v) is 19.8. The Morgan fingerprint density at radius 3 is 2.79 bits per heavy atom. The molecule has 1 amide bonds. The highest BCUT2D eigenvalue weighted by atomic mass is 32.2. The Morgan fingerprint density at radius 1 is 1.15 bits per heavy atom. The van der Waals surface area contributed by atoms with Crippen LogP contribution in [0.5, 0.6) is 5.75 Å². The molecular weight excluding hydrogens is 470 g/mol. The molecule has 4 heterocycles. The van der Waals surface area contributed by atoms with Crippen LogP contribution in [0.1, 0.15) is 23.8 Å². The summed E-state index contributed by atoms with van der Waals surface area (Å²) >= 11 is 2.94. The van der Waals surface area contributed by atoms with Gasteiger partial charge in [0.15, 0.2) is 5.16 Å². The van der Waals surface area contributed by atoms with E-state index in [9.17, 15) is 4.79 Å². The fourth-order valence-electron chi connectivity index (χ4n) is 4.04. The first kappa shape index (κ1) is 20.9. The highest BCUT2D eigenvalue weighted by molar-refractivity contribution is 7.99. The Labute approximate surface area is 202 Å². The number of ether oxygens (including phenoxy) is 1. The van der Waals surface area contributed by atoms with Crippen molar-refractivity contribution >= 4 is 49.9 Å². The number of carbonyl (C=O) groups is 1. The van der Waals surface area contributed by atoms with Crippen LogP contribution in [0.3, 0.4) is 0 Å². The van der Waals surface area contributed by atoms with Gasteiger partial charge in [-0.3, -0.25) is 9.20 Å². The monoisotopic (exact) mass is 489 g/mol. The molecular formula is C24H19N5O3S2. The van der Waals surface area contributed by atoms with Gasteiger partial charge >= 0.3 is 0 Å². The lowest BCUT2D eigenvalue weighted by molar-refractivity contribution is -0.130. The van der Waals surface area contributed by atoms with Gasteiger partial charge in [0, 0.05) is 6.42 Å². The molecule has 0 aliphatic carbocycles. The van der Waals surface area contributed by atoms with E-state index in [2.05, 4.69) is 16.3 Å². The van der Waals surface area contributed by atoms with Crippen LogP contribution >= 0.6 is 23.1 Å². The summed E-state index contributed by atoms with van der Waals surface area (Å²) in [7, 11) is 1.63. The van der Waals surface area contributed by atoms with E-state index in [0.29, 0.717) is 17.3 Å². The van der Waals surface area contributed by atoms with Crippen molar-refractivity contribution in [2.24, 2.45) is 5.10 Å². The van der Waals surface area contributed by atoms with Crippen molar-refractivity contribution in [3.05, 3.63) is 78.3 Å². The van der Waals surface area contributed by atoms with Gasteiger partial charge < -0.3 is 9.15 Å². The number of benzene rings is 2. The number of fused-ring (bicyclic) bond motifs is 3. The molecule has 8 nitrogen and oxygen atoms in total. The lowest BCUT2D eigenvalue weighted by Crippen LogP contribution is -2.28. The standard InChI is InChI=1S/C24H19N5O3S2/c1-31-16-10-8-15(9-11-16)17-13-19(20-6-4-12-32-20)29(27-17)22(30)14-33-23-25-26-24-28(23)18-5-2-3-7-21(18)34-24/h2-12,19H,13-14H2,1H3. The molecule has 3 aromatic heterocycles. The van der Waals surface area contributed by atoms with E-state index < -0.39 is 0 Å². The molecule has 0 radical (unpaired) electrons. The number of furan rings is 1. The van der Waals surface area contributed by atoms with Crippen LogP contribution in [0.2, 0.25) is 0 Å². The number of carbonyl (C=O) groups excluding carboxylic acids is 1. The third kappa shape index (κ3) is 3.64. The van der Waals surface area contributed by atoms with Gasteiger partial charge in [-0.15, -0.1) is 10.2 Å². The van der Waals surface area contributed by atoms with Crippen molar-refractivity contribution in [2.45, 2.75) is 17.6 Å². The normalized spacial score (nSPS) is 15.9. The van der Waals surface area contributed by atoms with E-state index in [0.717, 1.165) is 32.2 Å². The Kier molecular flexibility index (Phi) is 5.31. The summed E-state index contributed by atoms with van der Waals surface area (Å²) in [6, 6.07) is 19.2. The van der Waals surface area contributed by atoms with Gasteiger partial charge in [0.05, 0.1) is 35.1 Å². The summed E-state index contributed by atoms with van der Waals surface area (Å²) in [6.45, 7) is 0. The summed E-state index contributed by atoms with van der Waals surface area (Å²) in [6.07, 6.45) is 2.19. The summed E-state index contributed by atoms with van der Waals surface area (Å²) in [5.74, 6) is 1.54. The maximum absolute atomic E-state index is 13.3. The number of thiazole rings is 1. The number of thioether (sulfide) groups is 1. The summed E-state index contributed by atoms with van der Waals surface area (Å²) in [5.41, 5.74) is 2.82. The van der Waals surface area contributed by atoms with Gasteiger partial charge in [-0.2, -0.15) is 5.10 Å². The minimum atomic E-state index is -0.291. The average Bonchev–Trinajstić information content (AvgIpc) is 3.66. The number of rotatable bonds is 6. The summed E-state index contributed by atoms with van der Waals surface area (Å²) in [4.78, 5) is 14.2. The van der Waals surface area contributed by atoms with Crippen molar-refractivity contribution in [2.75, 3.05) is 12.9 Å². The molecule has 1 atom stereocenters. The molecule has 0 saturated carbocycles. The Morgan fingerprint density at radius 2 is 2.00 bits per heavy atom. The summed E-state index contributed by atoms with van der Waals surface area (Å²) in [5, 5.41) is 15.5. The fraction of sp³-hybridized carbons (Fsp3) is 0.167. The molecule has 170 valence electrons. The van der Waals surface area contributed by atoms with E-state index >= 15 is 0 Å². The van der Waals surface area contributed by atoms with Crippen molar-refractivity contribution in [1.82, 2.24) is 19.6 Å². The van der Waals surface area contributed by atoms with E-state index in [1.165, 1.54) is 16.8 Å². The third-order valence-corrected chi connectivity index (χ3v) is 7.62. The maximum Gasteiger partial charge on any atom is 0.253 e. The van der Waals surface area contributed by atoms with Gasteiger partial charge in [-0.25, -0.2) is 5.01 Å². The molecule has 10 heteroatoms. The molecule has 6 rings (SSSR count). The minimum absolute atomic E-state index is 0.119. The number of para-hydroxylation sites is 1. The first-order valence-electron chi connectivity index (χ1n) is 10.6. The van der Waals surface area contributed by atoms with Crippen molar-refractivity contribution < 1.29 is 13.9 Å². The number of hydrazone groups is 1. The van der Waals surface area contributed by atoms with Crippen LogP contribution in [0.4, 0.5) is 0 Å². The second-order valence-electron chi connectivity index (χ2n) is 7.71. The zero-order valence-electron chi connectivity index (χ0n) is 18.1. The molecule has 0 bridgehead atoms. The quantitative estimate of drug-likeness (QED) is 0.312. The van der Waals surface area contributed by atoms with Crippen LogP contribution in [0.25, 0.3) is 15.2 Å². The maximum atomic E-state index is 13.3. The van der Waals surface area contributed by atoms with Crippen molar-refractivity contribution in [3.63, 3.8) is 0 Å². The highest BCUT2D eigenvalue weighted by Gasteiger charge is 2.35. The van der Waals surface area contributed by atoms with E-state index in [4.69, 9.17) is 14.3 Å². The molecule has 1 aliphatic rings. The predicted octanol–water partition coefficient (Wildman–Crippen LogP) is 5.02. The zero-order chi connectivity index (χ0) is 23.1. The molecule has 1 unspecified atom stereocenters. The number of methoxy groups -OCH3 is 1. The van der Waals surface area contributed by atoms with Crippen molar-refractivity contribution in [3.8, 4) is 5.75 Å². The van der Waals surface area contributed by atoms with Crippen LogP contribution < -0.4 is 4.74 Å². The van der Waals surface area contributed by atoms with Gasteiger partial charge in [0.1, 0.15) is 17.6 Å². The van der Waals surface area contributed by atoms with Crippen molar-refractivity contribution in [1.29, 1.82) is 0 Å². The second kappa shape index (κ2) is 8.62. The van der Waals surface area contributed by atoms with E-state index in [1.807, 2.05) is 59.0 Å². The van der Waals surface area contributed by atoms with Gasteiger partial charge in [-0.05, 0) is 54.1 Å². The first-order chi connectivity index (χ1) is 16.7. The van der Waals surface area contributed by atoms with Gasteiger partial charge in [-0.1, -0.05) is 35.2 Å². The average molecular weight is 490 g/mol. The van der Waals surface area contributed by atoms with Crippen LogP contribution in [0.15, 0.2) is 81.6 Å². The largest absolute Gasteiger partial charge is 0.497 e. The molecule has 34 heavy (non-hydrogen) atoms. The lowest BCUT2D eigenvalue weighted by Gasteiger charge is -2.19. The molecule has 0 fully saturated rings. The van der Waals surface area contributed by atoms with Crippen LogP contribution in [0, 0.1) is 0 Å². The Balaban J connectivity index is 1.26. The van der Waals surface area contributed by atoms with Crippen LogP contribution in [-0.2, 0) is 4.79 Å². The third-order valence-electron chi connectivity index (χ3n) is 5.70. The SMILES string of the molecule is COc1ccc(C2=NN(C(=O)CSc3nnc4sc5ccccc5n34)C(c3ccco3)C2)cc1. The topological polar surface area (TPSA) is 85.2 Å². The number of hydrogen-bond donors (Lipinski definition) is 0. The molecule has 1 aliphatic heterocycles. The Hall–Kier alpha value is -3.63. The van der Waals surface area contributed by atoms with Gasteiger partial charge in [0.2, 0.25) is 4.96 Å². The van der Waals surface area contributed by atoms with Crippen LogP contribution in [-0.4, -0.2) is 44.1 Å². The molecule has 2 aromatic carbocycles. The number of nitrogens with zero attached hydrogens (tertiary/aromatic N) is 5. The predicted molar refractivity (Wildman–Crippen MR) is 132 cm³/mol. The lowest BCUT2D eigenvalue weighted by atomic mass is 10.0. The number of hydrogen-bond acceptors (Lipinski definition) is 8. The highest BCUT2D eigenvalue weighted by Crippen LogP contribution is 2.35. The molecule has 0 saturated heterocycles. The first-order valence-corrected chi connectivity index (χ1v) is 12.4.